The summed E-state index contributed by atoms with van der Waals surface area (Å²) in [6.45, 7) is 4.45. The summed E-state index contributed by atoms with van der Waals surface area (Å²) in [6.07, 6.45) is 0. The SMILES string of the molecule is Cc1ccccc1CNc1ccc(C)c([N+](=O)[O-])c1. The number of nitro groups is 1. The highest BCUT2D eigenvalue weighted by Gasteiger charge is 2.10. The van der Waals surface area contributed by atoms with Crippen LogP contribution in [0.5, 0.6) is 0 Å². The van der Waals surface area contributed by atoms with Crippen molar-refractivity contribution in [3.05, 3.63) is 69.3 Å². The molecule has 0 fully saturated rings. The van der Waals surface area contributed by atoms with E-state index < -0.39 is 0 Å². The zero-order chi connectivity index (χ0) is 13.8. The first-order valence-electron chi connectivity index (χ1n) is 6.11. The van der Waals surface area contributed by atoms with Gasteiger partial charge < -0.3 is 5.32 Å². The predicted octanol–water partition coefficient (Wildman–Crippen LogP) is 3.82. The maximum Gasteiger partial charge on any atom is 0.274 e. The zero-order valence-corrected chi connectivity index (χ0v) is 11.0. The average Bonchev–Trinajstić information content (AvgIpc) is 2.39. The van der Waals surface area contributed by atoms with E-state index in [2.05, 4.69) is 18.3 Å². The largest absolute Gasteiger partial charge is 0.381 e. The third-order valence-corrected chi connectivity index (χ3v) is 3.15. The molecule has 0 spiro atoms. The van der Waals surface area contributed by atoms with E-state index >= 15 is 0 Å². The molecule has 4 nitrogen and oxygen atoms in total. The number of hydrogen-bond donors (Lipinski definition) is 1. The average molecular weight is 256 g/mol. The number of nitrogens with one attached hydrogen (secondary N) is 1. The molecule has 19 heavy (non-hydrogen) atoms. The van der Waals surface area contributed by atoms with Crippen molar-refractivity contribution in [3.8, 4) is 0 Å². The van der Waals surface area contributed by atoms with Gasteiger partial charge in [0.2, 0.25) is 0 Å². The second-order valence-corrected chi connectivity index (χ2v) is 4.54. The summed E-state index contributed by atoms with van der Waals surface area (Å²) in [7, 11) is 0. The molecule has 0 aromatic heterocycles. The van der Waals surface area contributed by atoms with Crippen LogP contribution in [0.15, 0.2) is 42.5 Å². The Hall–Kier alpha value is -2.36. The van der Waals surface area contributed by atoms with E-state index in [4.69, 9.17) is 0 Å². The van der Waals surface area contributed by atoms with Gasteiger partial charge in [0.05, 0.1) is 4.92 Å². The number of nitro benzene ring substituents is 1. The Labute approximate surface area is 112 Å². The maximum absolute atomic E-state index is 10.9. The molecule has 0 bridgehead atoms. The fourth-order valence-electron chi connectivity index (χ4n) is 1.92. The fraction of sp³-hybridized carbons (Fsp3) is 0.200. The highest BCUT2D eigenvalue weighted by molar-refractivity contribution is 5.55. The minimum atomic E-state index is -0.353. The lowest BCUT2D eigenvalue weighted by Gasteiger charge is -2.09. The molecule has 0 heterocycles. The quantitative estimate of drug-likeness (QED) is 0.668. The van der Waals surface area contributed by atoms with Gasteiger partial charge in [-0.15, -0.1) is 0 Å². The van der Waals surface area contributed by atoms with E-state index in [0.29, 0.717) is 12.1 Å². The van der Waals surface area contributed by atoms with Crippen LogP contribution in [0.4, 0.5) is 11.4 Å². The van der Waals surface area contributed by atoms with Crippen molar-refractivity contribution in [1.29, 1.82) is 0 Å². The molecule has 1 N–H and O–H groups in total. The van der Waals surface area contributed by atoms with E-state index in [0.717, 1.165) is 5.69 Å². The van der Waals surface area contributed by atoms with Crippen molar-refractivity contribution in [2.24, 2.45) is 0 Å². The first-order valence-corrected chi connectivity index (χ1v) is 6.11. The van der Waals surface area contributed by atoms with Gasteiger partial charge in [-0.2, -0.15) is 0 Å². The smallest absolute Gasteiger partial charge is 0.274 e. The topological polar surface area (TPSA) is 55.2 Å². The van der Waals surface area contributed by atoms with Gasteiger partial charge in [0.15, 0.2) is 0 Å². The summed E-state index contributed by atoms with van der Waals surface area (Å²) in [4.78, 5) is 10.5. The maximum atomic E-state index is 10.9. The normalized spacial score (nSPS) is 10.2. The number of rotatable bonds is 4. The van der Waals surface area contributed by atoms with Crippen molar-refractivity contribution in [2.45, 2.75) is 20.4 Å². The van der Waals surface area contributed by atoms with Crippen molar-refractivity contribution < 1.29 is 4.92 Å². The summed E-state index contributed by atoms with van der Waals surface area (Å²) in [5.41, 5.74) is 3.98. The molecule has 0 unspecified atom stereocenters. The first-order chi connectivity index (χ1) is 9.08. The lowest BCUT2D eigenvalue weighted by Crippen LogP contribution is -2.02. The van der Waals surface area contributed by atoms with Gasteiger partial charge >= 0.3 is 0 Å². The molecule has 0 amide bonds. The molecule has 2 rings (SSSR count). The Morgan fingerprint density at radius 1 is 1.11 bits per heavy atom. The molecule has 0 aliphatic carbocycles. The number of hydrogen-bond acceptors (Lipinski definition) is 3. The van der Waals surface area contributed by atoms with E-state index in [1.807, 2.05) is 24.3 Å². The molecule has 0 aliphatic rings. The third kappa shape index (κ3) is 3.10. The Kier molecular flexibility index (Phi) is 3.80. The van der Waals surface area contributed by atoms with Gasteiger partial charge in [-0.3, -0.25) is 10.1 Å². The van der Waals surface area contributed by atoms with E-state index in [1.54, 1.807) is 19.1 Å². The van der Waals surface area contributed by atoms with Crippen LogP contribution in [0.3, 0.4) is 0 Å². The molecule has 0 radical (unpaired) electrons. The number of nitrogens with zero attached hydrogens (tertiary/aromatic N) is 1. The van der Waals surface area contributed by atoms with Crippen molar-refractivity contribution >= 4 is 11.4 Å². The Morgan fingerprint density at radius 3 is 2.53 bits per heavy atom. The summed E-state index contributed by atoms with van der Waals surface area (Å²) in [5.74, 6) is 0. The minimum Gasteiger partial charge on any atom is -0.381 e. The number of aryl methyl sites for hydroxylation is 2. The standard InChI is InChI=1S/C15H16N2O2/c1-11-5-3-4-6-13(11)10-16-14-8-7-12(2)15(9-14)17(18)19/h3-9,16H,10H2,1-2H3. The molecule has 0 saturated carbocycles. The molecule has 98 valence electrons. The molecule has 2 aromatic carbocycles. The van der Waals surface area contributed by atoms with Crippen LogP contribution in [0, 0.1) is 24.0 Å². The molecular formula is C15H16N2O2. The Balaban J connectivity index is 2.14. The van der Waals surface area contributed by atoms with E-state index in [1.165, 1.54) is 11.1 Å². The van der Waals surface area contributed by atoms with Crippen LogP contribution in [-0.2, 0) is 6.54 Å². The fourth-order valence-corrected chi connectivity index (χ4v) is 1.92. The Morgan fingerprint density at radius 2 is 1.84 bits per heavy atom. The molecule has 0 saturated heterocycles. The van der Waals surface area contributed by atoms with Crippen LogP contribution < -0.4 is 5.32 Å². The van der Waals surface area contributed by atoms with Gasteiger partial charge in [-0.1, -0.05) is 30.3 Å². The molecule has 4 heteroatoms. The highest BCUT2D eigenvalue weighted by Crippen LogP contribution is 2.22. The van der Waals surface area contributed by atoms with Crippen LogP contribution in [0.2, 0.25) is 0 Å². The summed E-state index contributed by atoms with van der Waals surface area (Å²) < 4.78 is 0. The molecule has 2 aromatic rings. The first kappa shape index (κ1) is 13.1. The van der Waals surface area contributed by atoms with Gasteiger partial charge in [0, 0.05) is 23.9 Å². The third-order valence-electron chi connectivity index (χ3n) is 3.15. The number of anilines is 1. The second kappa shape index (κ2) is 5.52. The lowest BCUT2D eigenvalue weighted by atomic mass is 10.1. The van der Waals surface area contributed by atoms with Crippen LogP contribution in [0.1, 0.15) is 16.7 Å². The summed E-state index contributed by atoms with van der Waals surface area (Å²) in [5, 5.41) is 14.1. The highest BCUT2D eigenvalue weighted by atomic mass is 16.6. The van der Waals surface area contributed by atoms with Gasteiger partial charge in [-0.05, 0) is 31.0 Å². The monoisotopic (exact) mass is 256 g/mol. The van der Waals surface area contributed by atoms with Crippen LogP contribution >= 0.6 is 0 Å². The van der Waals surface area contributed by atoms with E-state index in [9.17, 15) is 10.1 Å². The minimum absolute atomic E-state index is 0.148. The zero-order valence-electron chi connectivity index (χ0n) is 11.0. The molecule has 0 atom stereocenters. The molecule has 0 aliphatic heterocycles. The van der Waals surface area contributed by atoms with Crippen molar-refractivity contribution in [3.63, 3.8) is 0 Å². The second-order valence-electron chi connectivity index (χ2n) is 4.54. The van der Waals surface area contributed by atoms with Crippen molar-refractivity contribution in [1.82, 2.24) is 0 Å². The molecular weight excluding hydrogens is 240 g/mol. The van der Waals surface area contributed by atoms with Gasteiger partial charge in [-0.25, -0.2) is 0 Å². The summed E-state index contributed by atoms with van der Waals surface area (Å²) >= 11 is 0. The van der Waals surface area contributed by atoms with Crippen molar-refractivity contribution in [2.75, 3.05) is 5.32 Å². The number of benzene rings is 2. The predicted molar refractivity (Wildman–Crippen MR) is 76.3 cm³/mol. The van der Waals surface area contributed by atoms with Gasteiger partial charge in [0.25, 0.3) is 5.69 Å². The summed E-state index contributed by atoms with van der Waals surface area (Å²) in [6, 6.07) is 13.3. The van der Waals surface area contributed by atoms with Gasteiger partial charge in [0.1, 0.15) is 0 Å². The lowest BCUT2D eigenvalue weighted by molar-refractivity contribution is -0.385. The van der Waals surface area contributed by atoms with Crippen LogP contribution in [-0.4, -0.2) is 4.92 Å². The van der Waals surface area contributed by atoms with E-state index in [-0.39, 0.29) is 10.6 Å². The van der Waals surface area contributed by atoms with Crippen LogP contribution in [0.25, 0.3) is 0 Å². The Bertz CT molecular complexity index is 609.